The first-order valence-electron chi connectivity index (χ1n) is 9.02. The molecular formula is C18H24N4O4S2. The molecule has 1 aliphatic heterocycles. The highest BCUT2D eigenvalue weighted by Crippen LogP contribution is 2.42. The molecule has 1 fully saturated rings. The number of rotatable bonds is 8. The fraction of sp³-hybridized carbons (Fsp3) is 0.444. The summed E-state index contributed by atoms with van der Waals surface area (Å²) in [6.45, 7) is 1.48. The van der Waals surface area contributed by atoms with Crippen LogP contribution in [0.15, 0.2) is 40.6 Å². The third-order valence-corrected chi connectivity index (χ3v) is 7.17. The molecule has 0 bridgehead atoms. The summed E-state index contributed by atoms with van der Waals surface area (Å²) >= 11 is 1.63. The highest BCUT2D eigenvalue weighted by atomic mass is 32.2. The molecule has 0 radical (unpaired) electrons. The lowest BCUT2D eigenvalue weighted by molar-refractivity contribution is -0.384. The number of hydrogen-bond donors (Lipinski definition) is 1. The van der Waals surface area contributed by atoms with Crippen molar-refractivity contribution in [3.8, 4) is 0 Å². The molecule has 1 saturated heterocycles. The molecule has 152 valence electrons. The van der Waals surface area contributed by atoms with Crippen LogP contribution in [0, 0.1) is 10.1 Å². The van der Waals surface area contributed by atoms with Crippen LogP contribution in [0.2, 0.25) is 0 Å². The number of nitrogens with zero attached hydrogens (tertiary/aromatic N) is 3. The predicted molar refractivity (Wildman–Crippen MR) is 110 cm³/mol. The first kappa shape index (κ1) is 20.7. The summed E-state index contributed by atoms with van der Waals surface area (Å²) in [5.41, 5.74) is 0.284. The Kier molecular flexibility index (Phi) is 6.33. The molecule has 1 unspecified atom stereocenters. The first-order chi connectivity index (χ1) is 13.3. The smallest absolute Gasteiger partial charge is 0.293 e. The van der Waals surface area contributed by atoms with Gasteiger partial charge in [-0.2, -0.15) is 0 Å². The van der Waals surface area contributed by atoms with Gasteiger partial charge in [0, 0.05) is 30.6 Å². The summed E-state index contributed by atoms with van der Waals surface area (Å²) < 4.78 is 27.5. The summed E-state index contributed by atoms with van der Waals surface area (Å²) in [6, 6.07) is 8.26. The van der Waals surface area contributed by atoms with Gasteiger partial charge in [0.2, 0.25) is 10.0 Å². The number of hydrogen-bond acceptors (Lipinski definition) is 7. The molecule has 0 spiro atoms. The van der Waals surface area contributed by atoms with E-state index in [0.29, 0.717) is 18.8 Å². The molecule has 1 aromatic carbocycles. The highest BCUT2D eigenvalue weighted by Gasteiger charge is 2.32. The fourth-order valence-electron chi connectivity index (χ4n) is 3.38. The molecule has 0 amide bonds. The van der Waals surface area contributed by atoms with E-state index in [0.717, 1.165) is 23.8 Å². The van der Waals surface area contributed by atoms with Gasteiger partial charge in [-0.05, 0) is 50.5 Å². The fourth-order valence-corrected chi connectivity index (χ4v) is 5.29. The maximum atomic E-state index is 12.5. The normalized spacial score (nSPS) is 17.4. The SMILES string of the molecule is CN(C)CCNS(=O)(=O)c1ccc(N2CCCC2c2cccs2)c([N+](=O)[O-])c1. The van der Waals surface area contributed by atoms with Gasteiger partial charge in [-0.15, -0.1) is 11.3 Å². The number of anilines is 1. The summed E-state index contributed by atoms with van der Waals surface area (Å²) in [6.07, 6.45) is 1.86. The molecule has 10 heteroatoms. The molecule has 3 rings (SSSR count). The zero-order valence-electron chi connectivity index (χ0n) is 15.9. The van der Waals surface area contributed by atoms with Crippen molar-refractivity contribution in [3.05, 3.63) is 50.7 Å². The Bertz CT molecular complexity index is 929. The van der Waals surface area contributed by atoms with E-state index in [1.54, 1.807) is 17.4 Å². The number of nitro benzene ring substituents is 1. The average Bonchev–Trinajstić information content (AvgIpc) is 3.31. The van der Waals surface area contributed by atoms with Gasteiger partial charge in [0.05, 0.1) is 15.9 Å². The van der Waals surface area contributed by atoms with Crippen LogP contribution in [0.25, 0.3) is 0 Å². The van der Waals surface area contributed by atoms with Gasteiger partial charge in [0.25, 0.3) is 5.69 Å². The minimum atomic E-state index is -3.81. The lowest BCUT2D eigenvalue weighted by Crippen LogP contribution is -2.31. The number of sulfonamides is 1. The molecular weight excluding hydrogens is 400 g/mol. The molecule has 1 aliphatic rings. The Labute approximate surface area is 169 Å². The van der Waals surface area contributed by atoms with Gasteiger partial charge in [0.1, 0.15) is 5.69 Å². The van der Waals surface area contributed by atoms with Gasteiger partial charge < -0.3 is 9.80 Å². The van der Waals surface area contributed by atoms with Gasteiger partial charge in [0.15, 0.2) is 0 Å². The summed E-state index contributed by atoms with van der Waals surface area (Å²) in [7, 11) is -0.124. The standard InChI is InChI=1S/C18H24N4O4S2/c1-20(2)11-9-19-28(25,26)14-7-8-15(17(13-14)22(23)24)21-10-3-5-16(21)18-6-4-12-27-18/h4,6-8,12-13,16,19H,3,5,9-11H2,1-2H3. The topological polar surface area (TPSA) is 95.8 Å². The second-order valence-electron chi connectivity index (χ2n) is 6.98. The Hall–Kier alpha value is -2.01. The number of nitro groups is 1. The highest BCUT2D eigenvalue weighted by molar-refractivity contribution is 7.89. The van der Waals surface area contributed by atoms with Crippen molar-refractivity contribution in [2.75, 3.05) is 38.6 Å². The summed E-state index contributed by atoms with van der Waals surface area (Å²) in [5.74, 6) is 0. The van der Waals surface area contributed by atoms with Crippen LogP contribution in [0.5, 0.6) is 0 Å². The van der Waals surface area contributed by atoms with Crippen molar-refractivity contribution in [3.63, 3.8) is 0 Å². The molecule has 1 aromatic heterocycles. The predicted octanol–water partition coefficient (Wildman–Crippen LogP) is 2.84. The van der Waals surface area contributed by atoms with Crippen LogP contribution in [0.1, 0.15) is 23.8 Å². The Balaban J connectivity index is 1.91. The van der Waals surface area contributed by atoms with E-state index in [2.05, 4.69) is 4.72 Å². The maximum absolute atomic E-state index is 12.5. The average molecular weight is 425 g/mol. The van der Waals surface area contributed by atoms with Crippen molar-refractivity contribution in [2.45, 2.75) is 23.8 Å². The van der Waals surface area contributed by atoms with Crippen LogP contribution in [-0.2, 0) is 10.0 Å². The molecule has 28 heavy (non-hydrogen) atoms. The zero-order chi connectivity index (χ0) is 20.3. The van der Waals surface area contributed by atoms with Crippen molar-refractivity contribution < 1.29 is 13.3 Å². The summed E-state index contributed by atoms with van der Waals surface area (Å²) in [5, 5.41) is 13.7. The molecule has 0 saturated carbocycles. The lowest BCUT2D eigenvalue weighted by Gasteiger charge is -2.26. The Morgan fingerprint density at radius 2 is 2.14 bits per heavy atom. The monoisotopic (exact) mass is 424 g/mol. The van der Waals surface area contributed by atoms with E-state index in [1.165, 1.54) is 6.07 Å². The van der Waals surface area contributed by atoms with E-state index in [4.69, 9.17) is 0 Å². The maximum Gasteiger partial charge on any atom is 0.293 e. The quantitative estimate of drug-likeness (QED) is 0.517. The number of nitrogens with one attached hydrogen (secondary N) is 1. The van der Waals surface area contributed by atoms with Crippen LogP contribution in [-0.4, -0.2) is 52.0 Å². The van der Waals surface area contributed by atoms with E-state index in [-0.39, 0.29) is 23.2 Å². The minimum Gasteiger partial charge on any atom is -0.358 e. The van der Waals surface area contributed by atoms with Crippen LogP contribution in [0.3, 0.4) is 0 Å². The van der Waals surface area contributed by atoms with Crippen LogP contribution < -0.4 is 9.62 Å². The Morgan fingerprint density at radius 1 is 1.36 bits per heavy atom. The second kappa shape index (κ2) is 8.56. The van der Waals surface area contributed by atoms with E-state index < -0.39 is 14.9 Å². The third kappa shape index (κ3) is 4.52. The van der Waals surface area contributed by atoms with Gasteiger partial charge in [-0.25, -0.2) is 13.1 Å². The summed E-state index contributed by atoms with van der Waals surface area (Å²) in [4.78, 5) is 16.2. The van der Waals surface area contributed by atoms with Gasteiger partial charge in [-0.3, -0.25) is 10.1 Å². The molecule has 1 atom stereocenters. The molecule has 8 nitrogen and oxygen atoms in total. The number of likely N-dealkylation sites (N-methyl/N-ethyl adjacent to an activating group) is 1. The van der Waals surface area contributed by atoms with E-state index in [9.17, 15) is 18.5 Å². The lowest BCUT2D eigenvalue weighted by atomic mass is 10.1. The van der Waals surface area contributed by atoms with Gasteiger partial charge in [-0.1, -0.05) is 6.07 Å². The van der Waals surface area contributed by atoms with E-state index >= 15 is 0 Å². The van der Waals surface area contributed by atoms with Crippen LogP contribution in [0.4, 0.5) is 11.4 Å². The van der Waals surface area contributed by atoms with Crippen molar-refractivity contribution >= 4 is 32.7 Å². The zero-order valence-corrected chi connectivity index (χ0v) is 17.5. The van der Waals surface area contributed by atoms with Gasteiger partial charge >= 0.3 is 0 Å². The number of benzene rings is 1. The number of thiophene rings is 1. The third-order valence-electron chi connectivity index (χ3n) is 4.74. The van der Waals surface area contributed by atoms with Crippen molar-refractivity contribution in [1.29, 1.82) is 0 Å². The molecule has 1 N–H and O–H groups in total. The molecule has 2 heterocycles. The van der Waals surface area contributed by atoms with Crippen LogP contribution >= 0.6 is 11.3 Å². The minimum absolute atomic E-state index is 0.0828. The molecule has 0 aliphatic carbocycles. The Morgan fingerprint density at radius 3 is 2.79 bits per heavy atom. The molecule has 2 aromatic rings. The second-order valence-corrected chi connectivity index (χ2v) is 9.72. The van der Waals surface area contributed by atoms with Crippen molar-refractivity contribution in [1.82, 2.24) is 9.62 Å². The van der Waals surface area contributed by atoms with E-state index in [1.807, 2.05) is 41.4 Å². The largest absolute Gasteiger partial charge is 0.358 e. The first-order valence-corrected chi connectivity index (χ1v) is 11.4. The van der Waals surface area contributed by atoms with Crippen molar-refractivity contribution in [2.24, 2.45) is 0 Å².